The molecule has 0 radical (unpaired) electrons. The minimum atomic E-state index is -1.11. The van der Waals surface area contributed by atoms with Gasteiger partial charge in [0, 0.05) is 6.42 Å². The van der Waals surface area contributed by atoms with E-state index in [2.05, 4.69) is 15.5 Å². The summed E-state index contributed by atoms with van der Waals surface area (Å²) in [4.78, 5) is 22.4. The fourth-order valence-corrected chi connectivity index (χ4v) is 1.82. The number of rotatable bonds is 7. The minimum Gasteiger partial charge on any atom is -0.481 e. The number of carboxylic acids is 1. The maximum Gasteiger partial charge on any atom is 0.305 e. The molecule has 1 unspecified atom stereocenters. The second-order valence-corrected chi connectivity index (χ2v) is 4.59. The van der Waals surface area contributed by atoms with Crippen LogP contribution in [0.1, 0.15) is 17.8 Å². The van der Waals surface area contributed by atoms with Gasteiger partial charge in [-0.1, -0.05) is 30.3 Å². The Hall–Kier alpha value is -2.61. The number of hydrogen-bond donors (Lipinski definition) is 2. The van der Waals surface area contributed by atoms with Crippen LogP contribution in [-0.2, 0) is 22.6 Å². The molecule has 2 rings (SSSR count). The third-order valence-electron chi connectivity index (χ3n) is 2.92. The molecule has 1 atom stereocenters. The van der Waals surface area contributed by atoms with Crippen LogP contribution in [0.4, 0.5) is 0 Å². The quantitative estimate of drug-likeness (QED) is 0.712. The molecule has 0 aliphatic heterocycles. The first-order valence-corrected chi connectivity index (χ1v) is 6.35. The van der Waals surface area contributed by atoms with Gasteiger partial charge in [0.2, 0.25) is 0 Å². The van der Waals surface area contributed by atoms with E-state index in [4.69, 9.17) is 10.8 Å². The van der Waals surface area contributed by atoms with E-state index in [1.165, 1.54) is 4.68 Å². The molecule has 8 nitrogen and oxygen atoms in total. The second kappa shape index (κ2) is 6.71. The van der Waals surface area contributed by atoms with Crippen LogP contribution in [0, 0.1) is 0 Å². The molecule has 0 bridgehead atoms. The highest BCUT2D eigenvalue weighted by atomic mass is 16.4. The smallest absolute Gasteiger partial charge is 0.305 e. The van der Waals surface area contributed by atoms with Crippen LogP contribution in [-0.4, -0.2) is 43.1 Å². The van der Waals surface area contributed by atoms with Gasteiger partial charge in [0.15, 0.2) is 11.6 Å². The predicted molar refractivity (Wildman–Crippen MR) is 72.3 cm³/mol. The van der Waals surface area contributed by atoms with E-state index in [9.17, 15) is 9.59 Å². The first-order valence-electron chi connectivity index (χ1n) is 6.35. The summed E-state index contributed by atoms with van der Waals surface area (Å²) in [6.07, 6.45) is 0.0737. The van der Waals surface area contributed by atoms with E-state index in [1.807, 2.05) is 30.3 Å². The Balaban J connectivity index is 2.03. The van der Waals surface area contributed by atoms with Crippen molar-refractivity contribution in [1.29, 1.82) is 0 Å². The molecule has 0 fully saturated rings. The highest BCUT2D eigenvalue weighted by molar-refractivity contribution is 5.87. The Labute approximate surface area is 120 Å². The van der Waals surface area contributed by atoms with Gasteiger partial charge in [-0.2, -0.15) is 0 Å². The Bertz CT molecular complexity index is 626. The molecule has 0 spiro atoms. The predicted octanol–water partition coefficient (Wildman–Crippen LogP) is -0.365. The first kappa shape index (κ1) is 14.8. The zero-order valence-electron chi connectivity index (χ0n) is 11.2. The molecule has 0 amide bonds. The largest absolute Gasteiger partial charge is 0.481 e. The minimum absolute atomic E-state index is 0.135. The number of carbonyl (C=O) groups is 2. The van der Waals surface area contributed by atoms with Crippen molar-refractivity contribution in [2.75, 3.05) is 0 Å². The van der Waals surface area contributed by atoms with Gasteiger partial charge in [0.05, 0.1) is 12.5 Å². The lowest BCUT2D eigenvalue weighted by Gasteiger charge is -2.08. The standard InChI is InChI=1S/C13H15N5O3/c14-10(7-13(20)21)11(19)8-18-12(15-16-17-18)6-9-4-2-1-3-5-9/h1-5,10H,6-8,14H2,(H,20,21). The molecule has 0 aliphatic carbocycles. The lowest BCUT2D eigenvalue weighted by Crippen LogP contribution is -2.36. The number of Topliss-reactive ketones (excluding diaryl/α,β-unsaturated/α-hetero) is 1. The Morgan fingerprint density at radius 3 is 2.67 bits per heavy atom. The third kappa shape index (κ3) is 4.18. The van der Waals surface area contributed by atoms with Gasteiger partial charge in [0.25, 0.3) is 0 Å². The number of ketones is 1. The number of carboxylic acid groups (broad SMARTS) is 1. The number of carbonyl (C=O) groups excluding carboxylic acids is 1. The van der Waals surface area contributed by atoms with Crippen molar-refractivity contribution in [3.63, 3.8) is 0 Å². The first-order chi connectivity index (χ1) is 10.1. The SMILES string of the molecule is NC(CC(=O)O)C(=O)Cn1nnnc1Cc1ccccc1. The molecule has 0 saturated carbocycles. The summed E-state index contributed by atoms with van der Waals surface area (Å²) in [5, 5.41) is 19.8. The normalized spacial score (nSPS) is 12.0. The van der Waals surface area contributed by atoms with Crippen LogP contribution in [0.5, 0.6) is 0 Å². The third-order valence-corrected chi connectivity index (χ3v) is 2.92. The molecular formula is C13H15N5O3. The maximum absolute atomic E-state index is 11.8. The van der Waals surface area contributed by atoms with Crippen LogP contribution in [0.2, 0.25) is 0 Å². The Kier molecular flexibility index (Phi) is 4.72. The number of nitrogens with zero attached hydrogens (tertiary/aromatic N) is 4. The molecule has 21 heavy (non-hydrogen) atoms. The highest BCUT2D eigenvalue weighted by Gasteiger charge is 2.19. The molecule has 8 heteroatoms. The number of aliphatic carboxylic acids is 1. The van der Waals surface area contributed by atoms with Gasteiger partial charge in [0.1, 0.15) is 6.54 Å². The van der Waals surface area contributed by atoms with E-state index < -0.39 is 24.2 Å². The Morgan fingerprint density at radius 2 is 2.00 bits per heavy atom. The molecule has 1 heterocycles. The van der Waals surface area contributed by atoms with Crippen molar-refractivity contribution >= 4 is 11.8 Å². The molecule has 0 saturated heterocycles. The van der Waals surface area contributed by atoms with Crippen molar-refractivity contribution in [2.24, 2.45) is 5.73 Å². The van der Waals surface area contributed by atoms with E-state index in [1.54, 1.807) is 0 Å². The zero-order chi connectivity index (χ0) is 15.2. The number of benzene rings is 1. The number of tetrazole rings is 1. The fourth-order valence-electron chi connectivity index (χ4n) is 1.82. The topological polar surface area (TPSA) is 124 Å². The second-order valence-electron chi connectivity index (χ2n) is 4.59. The molecule has 110 valence electrons. The summed E-state index contributed by atoms with van der Waals surface area (Å²) in [6.45, 7) is -0.135. The van der Waals surface area contributed by atoms with Gasteiger partial charge in [-0.3, -0.25) is 9.59 Å². The van der Waals surface area contributed by atoms with Crippen LogP contribution in [0.3, 0.4) is 0 Å². The summed E-state index contributed by atoms with van der Waals surface area (Å²) < 4.78 is 1.34. The van der Waals surface area contributed by atoms with Crippen molar-refractivity contribution in [1.82, 2.24) is 20.2 Å². The van der Waals surface area contributed by atoms with Crippen molar-refractivity contribution in [2.45, 2.75) is 25.4 Å². The van der Waals surface area contributed by atoms with Crippen LogP contribution < -0.4 is 5.73 Å². The summed E-state index contributed by atoms with van der Waals surface area (Å²) in [6, 6.07) is 8.50. The van der Waals surface area contributed by atoms with E-state index in [0.717, 1.165) is 5.56 Å². The molecular weight excluding hydrogens is 274 g/mol. The number of hydrogen-bond acceptors (Lipinski definition) is 6. The van der Waals surface area contributed by atoms with Gasteiger partial charge >= 0.3 is 5.97 Å². The van der Waals surface area contributed by atoms with Gasteiger partial charge < -0.3 is 10.8 Å². The van der Waals surface area contributed by atoms with Crippen molar-refractivity contribution in [3.05, 3.63) is 41.7 Å². The summed E-state index contributed by atoms with van der Waals surface area (Å²) in [7, 11) is 0. The molecule has 1 aromatic heterocycles. The van der Waals surface area contributed by atoms with Crippen molar-refractivity contribution in [3.8, 4) is 0 Å². The van der Waals surface area contributed by atoms with Crippen LogP contribution in [0.25, 0.3) is 0 Å². The van der Waals surface area contributed by atoms with E-state index in [0.29, 0.717) is 12.2 Å². The monoisotopic (exact) mass is 289 g/mol. The lowest BCUT2D eigenvalue weighted by atomic mass is 10.1. The molecule has 0 aliphatic rings. The van der Waals surface area contributed by atoms with Crippen molar-refractivity contribution < 1.29 is 14.7 Å². The lowest BCUT2D eigenvalue weighted by molar-refractivity contribution is -0.139. The van der Waals surface area contributed by atoms with E-state index >= 15 is 0 Å². The highest BCUT2D eigenvalue weighted by Crippen LogP contribution is 2.06. The number of nitrogens with two attached hydrogens (primary N) is 1. The van der Waals surface area contributed by atoms with E-state index in [-0.39, 0.29) is 6.54 Å². The maximum atomic E-state index is 11.8. The van der Waals surface area contributed by atoms with Crippen LogP contribution in [0.15, 0.2) is 30.3 Å². The molecule has 2 aromatic rings. The molecule has 3 N–H and O–H groups in total. The summed E-state index contributed by atoms with van der Waals surface area (Å²) >= 11 is 0. The fraction of sp³-hybridized carbons (Fsp3) is 0.308. The molecule has 1 aromatic carbocycles. The summed E-state index contributed by atoms with van der Waals surface area (Å²) in [5.41, 5.74) is 6.54. The van der Waals surface area contributed by atoms with Gasteiger partial charge in [-0.15, -0.1) is 5.10 Å². The zero-order valence-corrected chi connectivity index (χ0v) is 11.2. The van der Waals surface area contributed by atoms with Gasteiger partial charge in [-0.05, 0) is 16.0 Å². The average molecular weight is 289 g/mol. The Morgan fingerprint density at radius 1 is 1.29 bits per heavy atom. The van der Waals surface area contributed by atoms with Crippen LogP contribution >= 0.6 is 0 Å². The van der Waals surface area contributed by atoms with Gasteiger partial charge in [-0.25, -0.2) is 4.68 Å². The summed E-state index contributed by atoms with van der Waals surface area (Å²) in [5.74, 6) is -1.01. The average Bonchev–Trinajstić information content (AvgIpc) is 2.86. The number of aromatic nitrogens is 4.